The number of carbonyl (C=O) groups is 2. The number of thiazole rings is 1. The van der Waals surface area contributed by atoms with E-state index in [4.69, 9.17) is 5.73 Å². The molecular weight excluding hydrogens is 282 g/mol. The number of aromatic nitrogens is 2. The lowest BCUT2D eigenvalue weighted by molar-refractivity contribution is -0.117. The third kappa shape index (κ3) is 3.68. The van der Waals surface area contributed by atoms with E-state index in [9.17, 15) is 9.59 Å². The number of aromatic amines is 1. The molecule has 0 unspecified atom stereocenters. The SMILES string of the molecule is Cc1nc(SCC(=O)c2ccc[nH]2)sc1CC(N)=O. The maximum Gasteiger partial charge on any atom is 0.222 e. The second-order valence-corrected chi connectivity index (χ2v) is 6.23. The highest BCUT2D eigenvalue weighted by atomic mass is 32.2. The van der Waals surface area contributed by atoms with Gasteiger partial charge >= 0.3 is 0 Å². The minimum atomic E-state index is -0.370. The Morgan fingerprint density at radius 3 is 2.95 bits per heavy atom. The third-order valence-corrected chi connectivity index (χ3v) is 4.73. The molecule has 1 amide bonds. The number of carbonyl (C=O) groups excluding carboxylic acids is 2. The van der Waals surface area contributed by atoms with Crippen molar-refractivity contribution in [2.24, 2.45) is 5.73 Å². The van der Waals surface area contributed by atoms with Crippen LogP contribution in [0.15, 0.2) is 22.7 Å². The van der Waals surface area contributed by atoms with Crippen molar-refractivity contribution < 1.29 is 9.59 Å². The summed E-state index contributed by atoms with van der Waals surface area (Å²) in [6, 6.07) is 3.53. The lowest BCUT2D eigenvalue weighted by atomic mass is 10.3. The number of hydrogen-bond acceptors (Lipinski definition) is 5. The Morgan fingerprint density at radius 1 is 1.53 bits per heavy atom. The van der Waals surface area contributed by atoms with Gasteiger partial charge in [0.25, 0.3) is 0 Å². The predicted molar refractivity (Wildman–Crippen MR) is 75.6 cm³/mol. The number of hydrogen-bond donors (Lipinski definition) is 2. The van der Waals surface area contributed by atoms with Crippen LogP contribution in [0.4, 0.5) is 0 Å². The van der Waals surface area contributed by atoms with E-state index in [0.717, 1.165) is 14.9 Å². The highest BCUT2D eigenvalue weighted by Gasteiger charge is 2.13. The topological polar surface area (TPSA) is 88.8 Å². The van der Waals surface area contributed by atoms with E-state index >= 15 is 0 Å². The number of nitrogens with one attached hydrogen (secondary N) is 1. The molecule has 0 aliphatic heterocycles. The number of amides is 1. The van der Waals surface area contributed by atoms with E-state index in [-0.39, 0.29) is 18.1 Å². The van der Waals surface area contributed by atoms with Crippen molar-refractivity contribution in [1.29, 1.82) is 0 Å². The van der Waals surface area contributed by atoms with Gasteiger partial charge in [0.15, 0.2) is 10.1 Å². The van der Waals surface area contributed by atoms with E-state index in [1.165, 1.54) is 23.1 Å². The summed E-state index contributed by atoms with van der Waals surface area (Å²) in [6.07, 6.45) is 1.92. The third-order valence-electron chi connectivity index (χ3n) is 2.43. The molecule has 0 fully saturated rings. The first-order chi connectivity index (χ1) is 9.06. The number of nitrogens with two attached hydrogens (primary N) is 1. The Kier molecular flexibility index (Phi) is 4.39. The van der Waals surface area contributed by atoms with Gasteiger partial charge in [-0.25, -0.2) is 4.98 Å². The molecule has 0 bridgehead atoms. The van der Waals surface area contributed by atoms with Gasteiger partial charge in [0.2, 0.25) is 5.91 Å². The molecular formula is C12H13N3O2S2. The average molecular weight is 295 g/mol. The van der Waals surface area contributed by atoms with Gasteiger partial charge in [0.05, 0.1) is 23.6 Å². The number of primary amides is 1. The zero-order chi connectivity index (χ0) is 13.8. The Hall–Kier alpha value is -1.60. The van der Waals surface area contributed by atoms with Gasteiger partial charge in [0.1, 0.15) is 0 Å². The van der Waals surface area contributed by atoms with Gasteiger partial charge in [0, 0.05) is 11.1 Å². The van der Waals surface area contributed by atoms with Crippen LogP contribution in [-0.2, 0) is 11.2 Å². The molecule has 2 rings (SSSR count). The lowest BCUT2D eigenvalue weighted by Crippen LogP contribution is -2.13. The summed E-state index contributed by atoms with van der Waals surface area (Å²) in [7, 11) is 0. The predicted octanol–water partition coefficient (Wildman–Crippen LogP) is 1.78. The summed E-state index contributed by atoms with van der Waals surface area (Å²) in [6.45, 7) is 1.84. The summed E-state index contributed by atoms with van der Waals surface area (Å²) < 4.78 is 0.786. The zero-order valence-corrected chi connectivity index (χ0v) is 11.9. The van der Waals surface area contributed by atoms with Gasteiger partial charge in [-0.2, -0.15) is 0 Å². The largest absolute Gasteiger partial charge is 0.369 e. The fourth-order valence-electron chi connectivity index (χ4n) is 1.49. The van der Waals surface area contributed by atoms with E-state index < -0.39 is 0 Å². The standard InChI is InChI=1S/C12H13N3O2S2/c1-7-10(5-11(13)17)19-12(15-7)18-6-9(16)8-3-2-4-14-8/h2-4,14H,5-6H2,1H3,(H2,13,17). The van der Waals surface area contributed by atoms with E-state index in [0.29, 0.717) is 11.4 Å². The maximum absolute atomic E-state index is 11.8. The minimum absolute atomic E-state index is 0.0271. The van der Waals surface area contributed by atoms with Gasteiger partial charge in [-0.15, -0.1) is 11.3 Å². The van der Waals surface area contributed by atoms with Crippen molar-refractivity contribution in [2.45, 2.75) is 17.7 Å². The number of ketones is 1. The molecule has 0 saturated heterocycles. The maximum atomic E-state index is 11.8. The molecule has 0 aromatic carbocycles. The van der Waals surface area contributed by atoms with Gasteiger partial charge in [-0.3, -0.25) is 9.59 Å². The number of nitrogens with zero attached hydrogens (tertiary/aromatic N) is 1. The van der Waals surface area contributed by atoms with Crippen LogP contribution in [0.25, 0.3) is 0 Å². The normalized spacial score (nSPS) is 10.6. The van der Waals surface area contributed by atoms with Gasteiger partial charge in [-0.05, 0) is 19.1 Å². The zero-order valence-electron chi connectivity index (χ0n) is 10.3. The van der Waals surface area contributed by atoms with Gasteiger partial charge < -0.3 is 10.7 Å². The second kappa shape index (κ2) is 6.03. The molecule has 0 aliphatic carbocycles. The van der Waals surface area contributed by atoms with Crippen LogP contribution in [0.1, 0.15) is 21.1 Å². The van der Waals surface area contributed by atoms with Crippen molar-refractivity contribution in [3.05, 3.63) is 34.6 Å². The molecule has 0 aliphatic rings. The van der Waals surface area contributed by atoms with E-state index in [2.05, 4.69) is 9.97 Å². The first kappa shape index (κ1) is 13.8. The van der Waals surface area contributed by atoms with Gasteiger partial charge in [-0.1, -0.05) is 11.8 Å². The molecule has 2 heterocycles. The Labute approximate surface area is 118 Å². The molecule has 0 saturated carbocycles. The first-order valence-electron chi connectivity index (χ1n) is 5.60. The smallest absolute Gasteiger partial charge is 0.222 e. The Morgan fingerprint density at radius 2 is 2.32 bits per heavy atom. The number of H-pyrrole nitrogens is 1. The van der Waals surface area contributed by atoms with Crippen LogP contribution in [0.3, 0.4) is 0 Å². The summed E-state index contributed by atoms with van der Waals surface area (Å²) >= 11 is 2.79. The molecule has 100 valence electrons. The second-order valence-electron chi connectivity index (χ2n) is 3.93. The number of rotatable bonds is 6. The fraction of sp³-hybridized carbons (Fsp3) is 0.250. The molecule has 0 radical (unpaired) electrons. The number of Topliss-reactive ketones (excluding diaryl/α,β-unsaturated/α-hetero) is 1. The molecule has 7 heteroatoms. The number of aryl methyl sites for hydroxylation is 1. The summed E-state index contributed by atoms with van der Waals surface area (Å²) in [5.41, 5.74) is 6.56. The molecule has 0 spiro atoms. The first-order valence-corrected chi connectivity index (χ1v) is 7.40. The summed E-state index contributed by atoms with van der Waals surface area (Å²) in [5, 5.41) is 0. The Bertz CT molecular complexity index is 590. The lowest BCUT2D eigenvalue weighted by Gasteiger charge is -1.95. The van der Waals surface area contributed by atoms with Crippen molar-refractivity contribution in [1.82, 2.24) is 9.97 Å². The van der Waals surface area contributed by atoms with Crippen LogP contribution in [0.5, 0.6) is 0 Å². The van der Waals surface area contributed by atoms with Crippen molar-refractivity contribution in [2.75, 3.05) is 5.75 Å². The van der Waals surface area contributed by atoms with Crippen molar-refractivity contribution >= 4 is 34.8 Å². The van der Waals surface area contributed by atoms with Crippen LogP contribution in [0, 0.1) is 6.92 Å². The van der Waals surface area contributed by atoms with E-state index in [1.807, 2.05) is 6.92 Å². The molecule has 5 nitrogen and oxygen atoms in total. The van der Waals surface area contributed by atoms with Crippen LogP contribution in [0.2, 0.25) is 0 Å². The molecule has 2 aromatic heterocycles. The summed E-state index contributed by atoms with van der Waals surface area (Å²) in [4.78, 5) is 30.8. The quantitative estimate of drug-likeness (QED) is 0.628. The van der Waals surface area contributed by atoms with Crippen molar-refractivity contribution in [3.8, 4) is 0 Å². The van der Waals surface area contributed by atoms with Crippen LogP contribution >= 0.6 is 23.1 Å². The molecule has 19 heavy (non-hydrogen) atoms. The number of thioether (sulfide) groups is 1. The van der Waals surface area contributed by atoms with Crippen LogP contribution in [-0.4, -0.2) is 27.4 Å². The minimum Gasteiger partial charge on any atom is -0.369 e. The monoisotopic (exact) mass is 295 g/mol. The molecule has 2 aromatic rings. The molecule has 0 atom stereocenters. The van der Waals surface area contributed by atoms with Crippen LogP contribution < -0.4 is 5.73 Å². The average Bonchev–Trinajstić information content (AvgIpc) is 2.96. The molecule has 3 N–H and O–H groups in total. The highest BCUT2D eigenvalue weighted by molar-refractivity contribution is 8.01. The highest BCUT2D eigenvalue weighted by Crippen LogP contribution is 2.27. The van der Waals surface area contributed by atoms with Crippen molar-refractivity contribution in [3.63, 3.8) is 0 Å². The fourth-order valence-corrected chi connectivity index (χ4v) is 3.62. The Balaban J connectivity index is 1.96. The summed E-state index contributed by atoms with van der Waals surface area (Å²) in [5.74, 6) is -0.0196. The van der Waals surface area contributed by atoms with E-state index in [1.54, 1.807) is 18.3 Å².